The number of hydrogen-bond acceptors (Lipinski definition) is 5. The van der Waals surface area contributed by atoms with Gasteiger partial charge in [-0.2, -0.15) is 0 Å². The predicted octanol–water partition coefficient (Wildman–Crippen LogP) is 0.655. The van der Waals surface area contributed by atoms with Crippen LogP contribution in [0.5, 0.6) is 0 Å². The molecule has 3 aliphatic rings. The average Bonchev–Trinajstić information content (AvgIpc) is 3.12. The topological polar surface area (TPSA) is 72.3 Å². The van der Waals surface area contributed by atoms with Crippen molar-refractivity contribution in [3.63, 3.8) is 0 Å². The van der Waals surface area contributed by atoms with Crippen molar-refractivity contribution >= 4 is 5.91 Å². The Labute approximate surface area is 136 Å². The Morgan fingerprint density at radius 3 is 2.96 bits per heavy atom. The Kier molecular flexibility index (Phi) is 4.07. The van der Waals surface area contributed by atoms with Gasteiger partial charge in [-0.05, 0) is 32.6 Å². The van der Waals surface area contributed by atoms with Gasteiger partial charge < -0.3 is 14.6 Å². The molecule has 7 nitrogen and oxygen atoms in total. The van der Waals surface area contributed by atoms with Crippen LogP contribution < -0.4 is 5.32 Å². The van der Waals surface area contributed by atoms with E-state index in [0.29, 0.717) is 19.0 Å². The third kappa shape index (κ3) is 3.12. The third-order valence-corrected chi connectivity index (χ3v) is 5.21. The molecule has 1 N–H and O–H groups in total. The standard InChI is InChI=1S/C16H25N5O2/c1-11(16(22)17-9-13-3-2-8-23-13)20-6-7-21-14(10-20)18-19-15(21)12-4-5-12/h11-13H,2-10H2,1H3,(H,17,22)/t11-,13+/m1/s1. The van der Waals surface area contributed by atoms with Gasteiger partial charge in [0.1, 0.15) is 11.6 Å². The van der Waals surface area contributed by atoms with Crippen LogP contribution in [0.1, 0.15) is 50.2 Å². The summed E-state index contributed by atoms with van der Waals surface area (Å²) in [6.45, 7) is 5.88. The van der Waals surface area contributed by atoms with E-state index in [4.69, 9.17) is 4.74 Å². The lowest BCUT2D eigenvalue weighted by Crippen LogP contribution is -2.49. The second kappa shape index (κ2) is 6.20. The fourth-order valence-electron chi connectivity index (χ4n) is 3.51. The second-order valence-electron chi connectivity index (χ2n) is 6.93. The third-order valence-electron chi connectivity index (χ3n) is 5.21. The number of carbonyl (C=O) groups is 1. The van der Waals surface area contributed by atoms with Crippen molar-refractivity contribution < 1.29 is 9.53 Å². The van der Waals surface area contributed by atoms with Crippen LogP contribution >= 0.6 is 0 Å². The fourth-order valence-corrected chi connectivity index (χ4v) is 3.51. The van der Waals surface area contributed by atoms with Gasteiger partial charge in [0, 0.05) is 32.2 Å². The smallest absolute Gasteiger partial charge is 0.237 e. The largest absolute Gasteiger partial charge is 0.376 e. The van der Waals surface area contributed by atoms with E-state index in [1.165, 1.54) is 12.8 Å². The second-order valence-corrected chi connectivity index (χ2v) is 6.93. The fraction of sp³-hybridized carbons (Fsp3) is 0.812. The molecule has 4 rings (SSSR count). The number of rotatable bonds is 5. The maximum Gasteiger partial charge on any atom is 0.237 e. The van der Waals surface area contributed by atoms with Crippen molar-refractivity contribution in [2.24, 2.45) is 0 Å². The molecule has 2 aliphatic heterocycles. The summed E-state index contributed by atoms with van der Waals surface area (Å²) < 4.78 is 7.81. The Morgan fingerprint density at radius 1 is 1.35 bits per heavy atom. The number of amides is 1. The van der Waals surface area contributed by atoms with Gasteiger partial charge in [-0.15, -0.1) is 10.2 Å². The van der Waals surface area contributed by atoms with Gasteiger partial charge in [0.15, 0.2) is 0 Å². The maximum absolute atomic E-state index is 12.4. The predicted molar refractivity (Wildman–Crippen MR) is 83.9 cm³/mol. The number of carbonyl (C=O) groups excluding carboxylic acids is 1. The van der Waals surface area contributed by atoms with Gasteiger partial charge in [-0.3, -0.25) is 9.69 Å². The number of nitrogens with zero attached hydrogens (tertiary/aromatic N) is 4. The van der Waals surface area contributed by atoms with E-state index >= 15 is 0 Å². The number of hydrogen-bond donors (Lipinski definition) is 1. The summed E-state index contributed by atoms with van der Waals surface area (Å²) in [5.74, 6) is 2.85. The molecular weight excluding hydrogens is 294 g/mol. The number of aromatic nitrogens is 3. The summed E-state index contributed by atoms with van der Waals surface area (Å²) in [4.78, 5) is 14.6. The summed E-state index contributed by atoms with van der Waals surface area (Å²) in [5, 5.41) is 11.7. The quantitative estimate of drug-likeness (QED) is 0.863. The highest BCUT2D eigenvalue weighted by Crippen LogP contribution is 2.39. The summed E-state index contributed by atoms with van der Waals surface area (Å²) in [7, 11) is 0. The molecule has 2 atom stereocenters. The first kappa shape index (κ1) is 15.1. The minimum absolute atomic E-state index is 0.0795. The van der Waals surface area contributed by atoms with Crippen LogP contribution in [0.15, 0.2) is 0 Å². The molecular formula is C16H25N5O2. The lowest BCUT2D eigenvalue weighted by atomic mass is 10.2. The maximum atomic E-state index is 12.4. The minimum atomic E-state index is -0.147. The lowest BCUT2D eigenvalue weighted by molar-refractivity contribution is -0.127. The summed E-state index contributed by atoms with van der Waals surface area (Å²) in [6, 6.07) is -0.147. The van der Waals surface area contributed by atoms with Crippen LogP contribution in [0.4, 0.5) is 0 Å². The number of nitrogens with one attached hydrogen (secondary N) is 1. The van der Waals surface area contributed by atoms with E-state index in [1.807, 2.05) is 6.92 Å². The van der Waals surface area contributed by atoms with Crippen molar-refractivity contribution in [3.8, 4) is 0 Å². The molecule has 126 valence electrons. The molecule has 1 saturated carbocycles. The monoisotopic (exact) mass is 319 g/mol. The van der Waals surface area contributed by atoms with Crippen LogP contribution in [0.3, 0.4) is 0 Å². The molecule has 1 amide bonds. The lowest BCUT2D eigenvalue weighted by Gasteiger charge is -2.32. The van der Waals surface area contributed by atoms with Gasteiger partial charge in [0.2, 0.25) is 5.91 Å². The Hall–Kier alpha value is -1.47. The Bertz CT molecular complexity index is 577. The normalized spacial score (nSPS) is 26.0. The van der Waals surface area contributed by atoms with E-state index in [9.17, 15) is 4.79 Å². The van der Waals surface area contributed by atoms with Crippen molar-refractivity contribution in [3.05, 3.63) is 11.6 Å². The molecule has 2 fully saturated rings. The van der Waals surface area contributed by atoms with Crippen molar-refractivity contribution in [1.29, 1.82) is 0 Å². The number of fused-ring (bicyclic) bond motifs is 1. The zero-order valence-electron chi connectivity index (χ0n) is 13.7. The molecule has 0 unspecified atom stereocenters. The van der Waals surface area contributed by atoms with Crippen molar-refractivity contribution in [2.75, 3.05) is 19.7 Å². The first-order chi connectivity index (χ1) is 11.2. The Morgan fingerprint density at radius 2 is 2.22 bits per heavy atom. The van der Waals surface area contributed by atoms with E-state index in [2.05, 4.69) is 25.0 Å². The highest BCUT2D eigenvalue weighted by molar-refractivity contribution is 5.81. The molecule has 1 aromatic heterocycles. The van der Waals surface area contributed by atoms with Crippen LogP contribution in [0.2, 0.25) is 0 Å². The van der Waals surface area contributed by atoms with Gasteiger partial charge in [-0.1, -0.05) is 0 Å². The highest BCUT2D eigenvalue weighted by atomic mass is 16.5. The van der Waals surface area contributed by atoms with E-state index < -0.39 is 0 Å². The van der Waals surface area contributed by atoms with E-state index in [1.54, 1.807) is 0 Å². The molecule has 1 saturated heterocycles. The Balaban J connectivity index is 1.33. The van der Waals surface area contributed by atoms with Gasteiger partial charge in [0.25, 0.3) is 0 Å². The summed E-state index contributed by atoms with van der Waals surface area (Å²) >= 11 is 0. The summed E-state index contributed by atoms with van der Waals surface area (Å²) in [6.07, 6.45) is 4.82. The van der Waals surface area contributed by atoms with Crippen molar-refractivity contribution in [2.45, 2.75) is 63.8 Å². The van der Waals surface area contributed by atoms with Gasteiger partial charge in [0.05, 0.1) is 18.7 Å². The van der Waals surface area contributed by atoms with Crippen LogP contribution in [-0.4, -0.2) is 57.4 Å². The van der Waals surface area contributed by atoms with E-state index in [-0.39, 0.29) is 18.1 Å². The molecule has 7 heteroatoms. The molecule has 3 heterocycles. The number of ether oxygens (including phenoxy) is 1. The van der Waals surface area contributed by atoms with Crippen LogP contribution in [-0.2, 0) is 22.6 Å². The van der Waals surface area contributed by atoms with Crippen LogP contribution in [0, 0.1) is 0 Å². The van der Waals surface area contributed by atoms with Crippen LogP contribution in [0.25, 0.3) is 0 Å². The minimum Gasteiger partial charge on any atom is -0.376 e. The summed E-state index contributed by atoms with van der Waals surface area (Å²) in [5.41, 5.74) is 0. The molecule has 0 spiro atoms. The van der Waals surface area contributed by atoms with E-state index in [0.717, 1.165) is 44.2 Å². The van der Waals surface area contributed by atoms with Crippen molar-refractivity contribution in [1.82, 2.24) is 25.0 Å². The molecule has 0 radical (unpaired) electrons. The first-order valence-corrected chi connectivity index (χ1v) is 8.77. The molecule has 1 aromatic rings. The molecule has 1 aliphatic carbocycles. The highest BCUT2D eigenvalue weighted by Gasteiger charge is 2.33. The first-order valence-electron chi connectivity index (χ1n) is 8.77. The molecule has 23 heavy (non-hydrogen) atoms. The SMILES string of the molecule is C[C@H](C(=O)NC[C@@H]1CCCO1)N1CCn2c(nnc2C2CC2)C1. The van der Waals surface area contributed by atoms with Gasteiger partial charge >= 0.3 is 0 Å². The zero-order chi connectivity index (χ0) is 15.8. The molecule has 0 aromatic carbocycles. The zero-order valence-corrected chi connectivity index (χ0v) is 13.7. The average molecular weight is 319 g/mol. The van der Waals surface area contributed by atoms with Gasteiger partial charge in [-0.25, -0.2) is 0 Å². The molecule has 0 bridgehead atoms.